The molecule has 1 amide bonds. The molecule has 1 rings (SSSR count). The van der Waals surface area contributed by atoms with Gasteiger partial charge in [0.1, 0.15) is 0 Å². The molecule has 4 nitrogen and oxygen atoms in total. The van der Waals surface area contributed by atoms with E-state index in [9.17, 15) is 9.59 Å². The number of nitrogens with one attached hydrogen (secondary N) is 1. The van der Waals surface area contributed by atoms with Crippen molar-refractivity contribution in [2.75, 3.05) is 11.9 Å². The number of carbonyl (C=O) groups excluding carboxylic acids is 2. The predicted molar refractivity (Wildman–Crippen MR) is 84.0 cm³/mol. The Balaban J connectivity index is 2.53. The SMILES string of the molecule is CCc1ccccc1NC(=O)/C=C/C(=O)OCC(C)(C)C. The third-order valence-corrected chi connectivity index (χ3v) is 2.67. The van der Waals surface area contributed by atoms with Crippen LogP contribution in [0.15, 0.2) is 36.4 Å². The summed E-state index contributed by atoms with van der Waals surface area (Å²) >= 11 is 0. The van der Waals surface area contributed by atoms with Gasteiger partial charge in [-0.1, -0.05) is 45.9 Å². The molecule has 0 aliphatic rings. The van der Waals surface area contributed by atoms with Gasteiger partial charge in [-0.3, -0.25) is 4.79 Å². The Hall–Kier alpha value is -2.10. The van der Waals surface area contributed by atoms with Crippen LogP contribution in [0.3, 0.4) is 0 Å². The standard InChI is InChI=1S/C17H23NO3/c1-5-13-8-6-7-9-14(13)18-15(19)10-11-16(20)21-12-17(2,3)4/h6-11H,5,12H2,1-4H3,(H,18,19)/b11-10+. The van der Waals surface area contributed by atoms with Gasteiger partial charge in [-0.25, -0.2) is 4.79 Å². The fourth-order valence-corrected chi connectivity index (χ4v) is 1.60. The summed E-state index contributed by atoms with van der Waals surface area (Å²) in [5.74, 6) is -0.854. The average Bonchev–Trinajstić information content (AvgIpc) is 2.42. The Labute approximate surface area is 126 Å². The van der Waals surface area contributed by atoms with Gasteiger partial charge in [-0.15, -0.1) is 0 Å². The van der Waals surface area contributed by atoms with E-state index in [0.29, 0.717) is 6.61 Å². The number of rotatable bonds is 5. The molecule has 0 radical (unpaired) electrons. The van der Waals surface area contributed by atoms with Crippen LogP contribution in [0.2, 0.25) is 0 Å². The molecule has 4 heteroatoms. The zero-order valence-corrected chi connectivity index (χ0v) is 13.1. The lowest BCUT2D eigenvalue weighted by molar-refractivity contribution is -0.140. The number of hydrogen-bond acceptors (Lipinski definition) is 3. The second-order valence-electron chi connectivity index (χ2n) is 6.00. The fraction of sp³-hybridized carbons (Fsp3) is 0.412. The molecule has 0 spiro atoms. The summed E-state index contributed by atoms with van der Waals surface area (Å²) in [5, 5.41) is 2.76. The van der Waals surface area contributed by atoms with Crippen molar-refractivity contribution >= 4 is 17.6 Å². The maximum Gasteiger partial charge on any atom is 0.330 e. The van der Waals surface area contributed by atoms with Gasteiger partial charge in [0.05, 0.1) is 6.61 Å². The van der Waals surface area contributed by atoms with Gasteiger partial charge in [0.2, 0.25) is 5.91 Å². The summed E-state index contributed by atoms with van der Waals surface area (Å²) in [5.41, 5.74) is 1.72. The van der Waals surface area contributed by atoms with E-state index in [1.807, 2.05) is 52.0 Å². The molecule has 0 fully saturated rings. The average molecular weight is 289 g/mol. The maximum atomic E-state index is 11.8. The van der Waals surface area contributed by atoms with Crippen LogP contribution >= 0.6 is 0 Å². The van der Waals surface area contributed by atoms with Crippen LogP contribution in [-0.2, 0) is 20.7 Å². The first kappa shape index (κ1) is 17.0. The predicted octanol–water partition coefficient (Wildman–Crippen LogP) is 3.33. The highest BCUT2D eigenvalue weighted by Gasteiger charge is 2.12. The highest BCUT2D eigenvalue weighted by Crippen LogP contribution is 2.15. The van der Waals surface area contributed by atoms with Gasteiger partial charge < -0.3 is 10.1 Å². The normalized spacial score (nSPS) is 11.4. The molecule has 114 valence electrons. The first-order chi connectivity index (χ1) is 9.81. The maximum absolute atomic E-state index is 11.8. The van der Waals surface area contributed by atoms with E-state index in [1.165, 1.54) is 6.08 Å². The van der Waals surface area contributed by atoms with Crippen molar-refractivity contribution in [3.63, 3.8) is 0 Å². The molecule has 0 atom stereocenters. The van der Waals surface area contributed by atoms with E-state index >= 15 is 0 Å². The summed E-state index contributed by atoms with van der Waals surface area (Å²) in [6.07, 6.45) is 3.17. The number of hydrogen-bond donors (Lipinski definition) is 1. The lowest BCUT2D eigenvalue weighted by Gasteiger charge is -2.16. The zero-order valence-electron chi connectivity index (χ0n) is 13.1. The zero-order chi connectivity index (χ0) is 15.9. The van der Waals surface area contributed by atoms with Crippen molar-refractivity contribution < 1.29 is 14.3 Å². The molecule has 0 aliphatic heterocycles. The molecular formula is C17H23NO3. The number of benzene rings is 1. The van der Waals surface area contributed by atoms with Crippen molar-refractivity contribution in [1.82, 2.24) is 0 Å². The fourth-order valence-electron chi connectivity index (χ4n) is 1.60. The highest BCUT2D eigenvalue weighted by atomic mass is 16.5. The van der Waals surface area contributed by atoms with Gasteiger partial charge in [0.15, 0.2) is 0 Å². The van der Waals surface area contributed by atoms with Gasteiger partial charge >= 0.3 is 5.97 Å². The second kappa shape index (κ2) is 7.62. The van der Waals surface area contributed by atoms with Gasteiger partial charge in [-0.05, 0) is 23.5 Å². The monoisotopic (exact) mass is 289 g/mol. The number of carbonyl (C=O) groups is 2. The van der Waals surface area contributed by atoms with E-state index in [4.69, 9.17) is 4.74 Å². The Morgan fingerprint density at radius 2 is 1.86 bits per heavy atom. The summed E-state index contributed by atoms with van der Waals surface area (Å²) in [6.45, 7) is 8.25. The van der Waals surface area contributed by atoms with Crippen molar-refractivity contribution in [2.45, 2.75) is 34.1 Å². The molecule has 0 saturated heterocycles. The van der Waals surface area contributed by atoms with Crippen LogP contribution in [-0.4, -0.2) is 18.5 Å². The van der Waals surface area contributed by atoms with Gasteiger partial charge in [0, 0.05) is 17.8 Å². The van der Waals surface area contributed by atoms with Gasteiger partial charge in [-0.2, -0.15) is 0 Å². The first-order valence-corrected chi connectivity index (χ1v) is 7.05. The number of ether oxygens (including phenoxy) is 1. The van der Waals surface area contributed by atoms with Crippen molar-refractivity contribution in [3.05, 3.63) is 42.0 Å². The Bertz CT molecular complexity index is 527. The summed E-state index contributed by atoms with van der Waals surface area (Å²) in [6, 6.07) is 7.57. The van der Waals surface area contributed by atoms with Crippen LogP contribution in [0.1, 0.15) is 33.3 Å². The number of esters is 1. The molecule has 0 aliphatic carbocycles. The number of para-hydroxylation sites is 1. The molecule has 0 aromatic heterocycles. The molecule has 21 heavy (non-hydrogen) atoms. The summed E-state index contributed by atoms with van der Waals surface area (Å²) in [4.78, 5) is 23.3. The molecule has 1 N–H and O–H groups in total. The molecule has 0 heterocycles. The van der Waals surface area contributed by atoms with E-state index in [-0.39, 0.29) is 11.3 Å². The highest BCUT2D eigenvalue weighted by molar-refractivity contribution is 6.02. The van der Waals surface area contributed by atoms with Crippen molar-refractivity contribution in [1.29, 1.82) is 0 Å². The van der Waals surface area contributed by atoms with E-state index < -0.39 is 5.97 Å². The van der Waals surface area contributed by atoms with Crippen molar-refractivity contribution in [3.8, 4) is 0 Å². The van der Waals surface area contributed by atoms with Crippen LogP contribution in [0.4, 0.5) is 5.69 Å². The number of amides is 1. The lowest BCUT2D eigenvalue weighted by Crippen LogP contribution is -2.17. The van der Waals surface area contributed by atoms with Crippen LogP contribution in [0, 0.1) is 5.41 Å². The minimum Gasteiger partial charge on any atom is -0.462 e. The molecule has 0 unspecified atom stereocenters. The Kier molecular flexibility index (Phi) is 6.15. The number of anilines is 1. The van der Waals surface area contributed by atoms with E-state index in [1.54, 1.807) is 0 Å². The third kappa shape index (κ3) is 6.75. The van der Waals surface area contributed by atoms with Crippen molar-refractivity contribution in [2.24, 2.45) is 5.41 Å². The molecular weight excluding hydrogens is 266 g/mol. The van der Waals surface area contributed by atoms with Crippen LogP contribution < -0.4 is 5.32 Å². The van der Waals surface area contributed by atoms with Crippen LogP contribution in [0.5, 0.6) is 0 Å². The van der Waals surface area contributed by atoms with Crippen LogP contribution in [0.25, 0.3) is 0 Å². The minimum atomic E-state index is -0.510. The molecule has 1 aromatic carbocycles. The molecule has 0 bridgehead atoms. The minimum absolute atomic E-state index is 0.0914. The summed E-state index contributed by atoms with van der Waals surface area (Å²) < 4.78 is 5.05. The smallest absolute Gasteiger partial charge is 0.330 e. The molecule has 0 saturated carbocycles. The van der Waals surface area contributed by atoms with E-state index in [0.717, 1.165) is 23.7 Å². The largest absolute Gasteiger partial charge is 0.462 e. The Morgan fingerprint density at radius 1 is 1.19 bits per heavy atom. The topological polar surface area (TPSA) is 55.4 Å². The third-order valence-electron chi connectivity index (χ3n) is 2.67. The second-order valence-corrected chi connectivity index (χ2v) is 6.00. The number of aryl methyl sites for hydroxylation is 1. The van der Waals surface area contributed by atoms with Gasteiger partial charge in [0.25, 0.3) is 0 Å². The van der Waals surface area contributed by atoms with E-state index in [2.05, 4.69) is 5.32 Å². The summed E-state index contributed by atoms with van der Waals surface area (Å²) in [7, 11) is 0. The quantitative estimate of drug-likeness (QED) is 0.668. The Morgan fingerprint density at radius 3 is 2.48 bits per heavy atom. The first-order valence-electron chi connectivity index (χ1n) is 7.05. The lowest BCUT2D eigenvalue weighted by atomic mass is 9.99. The molecule has 1 aromatic rings.